The number of fused-ring (bicyclic) bond motifs is 2. The van der Waals surface area contributed by atoms with E-state index in [0.717, 1.165) is 5.56 Å². The van der Waals surface area contributed by atoms with Crippen LogP contribution in [0.25, 0.3) is 32.7 Å². The minimum Gasteiger partial charge on any atom is -0.388 e. The van der Waals surface area contributed by atoms with Gasteiger partial charge in [-0.1, -0.05) is 54.6 Å². The molecule has 0 bridgehead atoms. The predicted molar refractivity (Wildman–Crippen MR) is 93.1 cm³/mol. The van der Waals surface area contributed by atoms with Crippen LogP contribution in [-0.4, -0.2) is 0 Å². The van der Waals surface area contributed by atoms with E-state index in [0.29, 0.717) is 5.75 Å². The summed E-state index contributed by atoms with van der Waals surface area (Å²) in [6.45, 7) is 0. The van der Waals surface area contributed by atoms with Crippen LogP contribution >= 0.6 is 0 Å². The Morgan fingerprint density at radius 1 is 0.696 bits per heavy atom. The lowest BCUT2D eigenvalue weighted by atomic mass is 9.95. The first-order valence-electron chi connectivity index (χ1n) is 7.43. The first-order chi connectivity index (χ1) is 11.3. The van der Waals surface area contributed by atoms with Gasteiger partial charge in [-0.15, -0.1) is 5.26 Å². The van der Waals surface area contributed by atoms with Crippen LogP contribution in [0.2, 0.25) is 0 Å². The second-order valence-corrected chi connectivity index (χ2v) is 5.44. The minimum absolute atomic E-state index is 0.557. The highest BCUT2D eigenvalue weighted by atomic mass is 16.5. The summed E-state index contributed by atoms with van der Waals surface area (Å²) in [7, 11) is 0. The van der Waals surface area contributed by atoms with Gasteiger partial charge in [0.1, 0.15) is 5.75 Å². The topological polar surface area (TPSA) is 33.0 Å². The number of benzene rings is 4. The van der Waals surface area contributed by atoms with Gasteiger partial charge in [0.25, 0.3) is 6.26 Å². The number of rotatable bonds is 2. The van der Waals surface area contributed by atoms with Crippen LogP contribution in [0.1, 0.15) is 0 Å². The molecule has 0 aliphatic rings. The maximum atomic E-state index is 8.58. The van der Waals surface area contributed by atoms with Crippen molar-refractivity contribution in [2.45, 2.75) is 0 Å². The van der Waals surface area contributed by atoms with E-state index in [1.165, 1.54) is 27.1 Å². The Kier molecular flexibility index (Phi) is 3.18. The van der Waals surface area contributed by atoms with Crippen molar-refractivity contribution in [2.24, 2.45) is 0 Å². The highest BCUT2D eigenvalue weighted by Crippen LogP contribution is 2.32. The van der Waals surface area contributed by atoms with Gasteiger partial charge < -0.3 is 4.74 Å². The average Bonchev–Trinajstić information content (AvgIpc) is 2.60. The van der Waals surface area contributed by atoms with Crippen molar-refractivity contribution in [3.63, 3.8) is 0 Å². The van der Waals surface area contributed by atoms with Crippen molar-refractivity contribution in [1.29, 1.82) is 5.26 Å². The van der Waals surface area contributed by atoms with E-state index in [1.54, 1.807) is 6.26 Å². The van der Waals surface area contributed by atoms with Crippen molar-refractivity contribution in [3.8, 4) is 23.1 Å². The summed E-state index contributed by atoms with van der Waals surface area (Å²) >= 11 is 0. The van der Waals surface area contributed by atoms with E-state index >= 15 is 0 Å². The molecule has 0 amide bonds. The Hall–Kier alpha value is -3.31. The number of ether oxygens (including phenoxy) is 1. The van der Waals surface area contributed by atoms with Gasteiger partial charge in [0, 0.05) is 0 Å². The Morgan fingerprint density at radius 2 is 1.39 bits per heavy atom. The molecular weight excluding hydrogens is 282 g/mol. The number of hydrogen-bond donors (Lipinski definition) is 0. The van der Waals surface area contributed by atoms with Gasteiger partial charge in [0.2, 0.25) is 0 Å². The molecule has 0 heterocycles. The van der Waals surface area contributed by atoms with Crippen LogP contribution in [0.3, 0.4) is 0 Å². The monoisotopic (exact) mass is 295 g/mol. The van der Waals surface area contributed by atoms with E-state index < -0.39 is 0 Å². The second kappa shape index (κ2) is 5.47. The van der Waals surface area contributed by atoms with Gasteiger partial charge >= 0.3 is 0 Å². The smallest absolute Gasteiger partial charge is 0.292 e. The van der Waals surface area contributed by atoms with Gasteiger partial charge in [0.15, 0.2) is 0 Å². The molecule has 0 radical (unpaired) electrons. The first-order valence-corrected chi connectivity index (χ1v) is 7.43. The minimum atomic E-state index is 0.557. The summed E-state index contributed by atoms with van der Waals surface area (Å²) in [4.78, 5) is 0. The van der Waals surface area contributed by atoms with Crippen LogP contribution in [-0.2, 0) is 0 Å². The molecule has 23 heavy (non-hydrogen) atoms. The molecule has 0 saturated carbocycles. The third kappa shape index (κ3) is 2.39. The van der Waals surface area contributed by atoms with Gasteiger partial charge in [-0.05, 0) is 56.9 Å². The van der Waals surface area contributed by atoms with E-state index in [9.17, 15) is 0 Å². The maximum absolute atomic E-state index is 8.58. The van der Waals surface area contributed by atoms with Gasteiger partial charge in [-0.25, -0.2) is 0 Å². The number of nitriles is 1. The summed E-state index contributed by atoms with van der Waals surface area (Å²) < 4.78 is 4.85. The molecule has 0 fully saturated rings. The molecule has 0 aliphatic carbocycles. The van der Waals surface area contributed by atoms with Crippen LogP contribution in [0.15, 0.2) is 78.9 Å². The lowest BCUT2D eigenvalue weighted by Crippen LogP contribution is -1.84. The summed E-state index contributed by atoms with van der Waals surface area (Å²) in [5.74, 6) is 0.557. The Bertz CT molecular complexity index is 1040. The van der Waals surface area contributed by atoms with Gasteiger partial charge in [-0.3, -0.25) is 0 Å². The highest BCUT2D eigenvalue weighted by Gasteiger charge is 2.06. The van der Waals surface area contributed by atoms with Crippen LogP contribution < -0.4 is 4.74 Å². The molecule has 4 aromatic carbocycles. The lowest BCUT2D eigenvalue weighted by Gasteiger charge is -2.09. The molecule has 0 N–H and O–H groups in total. The quantitative estimate of drug-likeness (QED) is 0.360. The Morgan fingerprint density at radius 3 is 2.13 bits per heavy atom. The summed E-state index contributed by atoms with van der Waals surface area (Å²) in [5.41, 5.74) is 2.29. The SMILES string of the molecule is N#COc1ccc(-c2cccc3cc4ccccc4cc23)cc1. The maximum Gasteiger partial charge on any atom is 0.292 e. The van der Waals surface area contributed by atoms with Crippen LogP contribution in [0, 0.1) is 11.5 Å². The standard InChI is InChI=1S/C21H13NO/c22-14-23-19-10-8-15(9-11-19)20-7-3-6-18-12-16-4-1-2-5-17(16)13-21(18)20/h1-13H. The number of nitrogens with zero attached hydrogens (tertiary/aromatic N) is 1. The first kappa shape index (κ1) is 13.4. The zero-order valence-electron chi connectivity index (χ0n) is 12.4. The van der Waals surface area contributed by atoms with Gasteiger partial charge in [0.05, 0.1) is 0 Å². The van der Waals surface area contributed by atoms with Crippen LogP contribution in [0.4, 0.5) is 0 Å². The van der Waals surface area contributed by atoms with E-state index in [2.05, 4.69) is 54.6 Å². The van der Waals surface area contributed by atoms with Crippen molar-refractivity contribution >= 4 is 21.5 Å². The summed E-state index contributed by atoms with van der Waals surface area (Å²) in [6.07, 6.45) is 1.69. The molecule has 108 valence electrons. The largest absolute Gasteiger partial charge is 0.388 e. The second-order valence-electron chi connectivity index (χ2n) is 5.44. The lowest BCUT2D eigenvalue weighted by molar-refractivity contribution is 0.507. The molecule has 4 rings (SSSR count). The normalized spacial score (nSPS) is 10.6. The van der Waals surface area contributed by atoms with Gasteiger partial charge in [-0.2, -0.15) is 0 Å². The third-order valence-corrected chi connectivity index (χ3v) is 4.08. The molecule has 4 aromatic rings. The molecule has 0 aliphatic heterocycles. The molecular formula is C21H13NO. The fourth-order valence-corrected chi connectivity index (χ4v) is 2.97. The molecule has 0 aromatic heterocycles. The van der Waals surface area contributed by atoms with Crippen molar-refractivity contribution < 1.29 is 4.74 Å². The fraction of sp³-hybridized carbons (Fsp3) is 0. The number of hydrogen-bond acceptors (Lipinski definition) is 2. The predicted octanol–water partition coefficient (Wildman–Crippen LogP) is 5.52. The van der Waals surface area contributed by atoms with E-state index in [1.807, 2.05) is 24.3 Å². The molecule has 0 unspecified atom stereocenters. The summed E-state index contributed by atoms with van der Waals surface area (Å²) in [5, 5.41) is 13.5. The molecule has 0 spiro atoms. The third-order valence-electron chi connectivity index (χ3n) is 4.08. The fourth-order valence-electron chi connectivity index (χ4n) is 2.97. The van der Waals surface area contributed by atoms with Crippen molar-refractivity contribution in [2.75, 3.05) is 0 Å². The highest BCUT2D eigenvalue weighted by molar-refractivity contribution is 6.04. The van der Waals surface area contributed by atoms with E-state index in [-0.39, 0.29) is 0 Å². The summed E-state index contributed by atoms with van der Waals surface area (Å²) in [6, 6.07) is 26.8. The van der Waals surface area contributed by atoms with E-state index in [4.69, 9.17) is 10.00 Å². The zero-order valence-corrected chi connectivity index (χ0v) is 12.4. The van der Waals surface area contributed by atoms with Crippen molar-refractivity contribution in [1.82, 2.24) is 0 Å². The van der Waals surface area contributed by atoms with Crippen molar-refractivity contribution in [3.05, 3.63) is 78.9 Å². The average molecular weight is 295 g/mol. The molecule has 0 atom stereocenters. The Labute approximate surface area is 134 Å². The zero-order chi connectivity index (χ0) is 15.6. The molecule has 2 heteroatoms. The van der Waals surface area contributed by atoms with Crippen LogP contribution in [0.5, 0.6) is 5.75 Å². The molecule has 0 saturated heterocycles. The Balaban J connectivity index is 1.92. The molecule has 2 nitrogen and oxygen atoms in total.